The Kier molecular flexibility index (Phi) is 4.69. The lowest BCUT2D eigenvalue weighted by atomic mass is 9.93. The quantitative estimate of drug-likeness (QED) is 0.845. The van der Waals surface area contributed by atoms with E-state index in [1.165, 1.54) is 0 Å². The number of aryl methyl sites for hydroxylation is 1. The molecule has 3 rings (SSSR count). The van der Waals surface area contributed by atoms with E-state index in [0.717, 1.165) is 19.3 Å². The summed E-state index contributed by atoms with van der Waals surface area (Å²) in [7, 11) is 1.76. The number of methoxy groups -OCH3 is 1. The van der Waals surface area contributed by atoms with Crippen molar-refractivity contribution in [2.75, 3.05) is 26.9 Å². The number of aromatic nitrogens is 2. The number of carbonyl (C=O) groups is 1. The summed E-state index contributed by atoms with van der Waals surface area (Å²) in [6, 6.07) is 1.83. The minimum absolute atomic E-state index is 0.0300. The van der Waals surface area contributed by atoms with Gasteiger partial charge in [0.15, 0.2) is 0 Å². The van der Waals surface area contributed by atoms with Crippen molar-refractivity contribution in [3.05, 3.63) is 23.5 Å². The number of nitrogens with zero attached hydrogens (tertiary/aromatic N) is 3. The topological polar surface area (TPSA) is 64.6 Å². The maximum atomic E-state index is 12.9. The minimum Gasteiger partial charge on any atom is -0.381 e. The molecule has 6 heteroatoms. The minimum atomic E-state index is 0.0300. The van der Waals surface area contributed by atoms with Gasteiger partial charge in [0.25, 0.3) is 5.91 Å². The Balaban J connectivity index is 1.83. The van der Waals surface area contributed by atoms with Gasteiger partial charge in [-0.25, -0.2) is 0 Å². The molecule has 2 heterocycles. The van der Waals surface area contributed by atoms with E-state index in [4.69, 9.17) is 9.47 Å². The molecule has 22 heavy (non-hydrogen) atoms. The van der Waals surface area contributed by atoms with Crippen LogP contribution in [0.4, 0.5) is 0 Å². The van der Waals surface area contributed by atoms with Crippen LogP contribution >= 0.6 is 0 Å². The number of hydrogen-bond donors (Lipinski definition) is 0. The average molecular weight is 305 g/mol. The van der Waals surface area contributed by atoms with Crippen LogP contribution in [0.15, 0.2) is 12.3 Å². The van der Waals surface area contributed by atoms with Crippen molar-refractivity contribution in [2.45, 2.75) is 38.3 Å². The van der Waals surface area contributed by atoms with Crippen molar-refractivity contribution < 1.29 is 14.3 Å². The highest BCUT2D eigenvalue weighted by molar-refractivity contribution is 5.95. The monoisotopic (exact) mass is 305 g/mol. The second-order valence-electron chi connectivity index (χ2n) is 6.04. The smallest absolute Gasteiger partial charge is 0.256 e. The van der Waals surface area contributed by atoms with Crippen molar-refractivity contribution in [3.8, 4) is 0 Å². The first kappa shape index (κ1) is 15.4. The van der Waals surface area contributed by atoms with Gasteiger partial charge in [0, 0.05) is 19.6 Å². The van der Waals surface area contributed by atoms with Crippen molar-refractivity contribution in [1.82, 2.24) is 15.1 Å². The van der Waals surface area contributed by atoms with Crippen LogP contribution in [0.3, 0.4) is 0 Å². The van der Waals surface area contributed by atoms with Gasteiger partial charge in [-0.3, -0.25) is 4.79 Å². The Hall–Kier alpha value is -1.53. The molecule has 1 aliphatic heterocycles. The molecular weight excluding hydrogens is 282 g/mol. The summed E-state index contributed by atoms with van der Waals surface area (Å²) in [5.41, 5.74) is 1.31. The zero-order valence-electron chi connectivity index (χ0n) is 13.2. The van der Waals surface area contributed by atoms with Crippen LogP contribution in [-0.4, -0.2) is 60.0 Å². The third kappa shape index (κ3) is 2.85. The number of morpholine rings is 1. The predicted molar refractivity (Wildman–Crippen MR) is 80.6 cm³/mol. The average Bonchev–Trinajstić information content (AvgIpc) is 3.03. The second kappa shape index (κ2) is 6.71. The van der Waals surface area contributed by atoms with Gasteiger partial charge in [0.1, 0.15) is 0 Å². The molecule has 120 valence electrons. The second-order valence-corrected chi connectivity index (χ2v) is 6.04. The van der Waals surface area contributed by atoms with Crippen LogP contribution < -0.4 is 0 Å². The van der Waals surface area contributed by atoms with E-state index in [9.17, 15) is 4.79 Å². The molecule has 0 radical (unpaired) electrons. The molecule has 3 atom stereocenters. The fourth-order valence-electron chi connectivity index (χ4n) is 3.70. The fourth-order valence-corrected chi connectivity index (χ4v) is 3.70. The Morgan fingerprint density at radius 2 is 2.32 bits per heavy atom. The summed E-state index contributed by atoms with van der Waals surface area (Å²) in [5, 5.41) is 7.82. The Labute approximate surface area is 130 Å². The van der Waals surface area contributed by atoms with Crippen LogP contribution in [-0.2, 0) is 9.47 Å². The van der Waals surface area contributed by atoms with Gasteiger partial charge >= 0.3 is 0 Å². The summed E-state index contributed by atoms with van der Waals surface area (Å²) in [6.07, 6.45) is 5.10. The van der Waals surface area contributed by atoms with Crippen LogP contribution in [0.1, 0.15) is 35.3 Å². The first-order valence-corrected chi connectivity index (χ1v) is 7.92. The third-order valence-electron chi connectivity index (χ3n) is 4.86. The standard InChI is InChI=1S/C16H23N3O3/c1-11-12(6-7-17-18-11)16(20)19-8-9-22-10-14(19)13-4-3-5-15(13)21-2/h6-7,13-15H,3-5,8-10H2,1-2H3. The van der Waals surface area contributed by atoms with E-state index >= 15 is 0 Å². The Morgan fingerprint density at radius 3 is 3.09 bits per heavy atom. The normalized spacial score (nSPS) is 28.8. The molecule has 0 spiro atoms. The number of amides is 1. The van der Waals surface area contributed by atoms with Crippen LogP contribution in [0.5, 0.6) is 0 Å². The lowest BCUT2D eigenvalue weighted by molar-refractivity contribution is -0.0460. The van der Waals surface area contributed by atoms with Gasteiger partial charge in [-0.05, 0) is 25.8 Å². The predicted octanol–water partition coefficient (Wildman–Crippen LogP) is 1.44. The van der Waals surface area contributed by atoms with Gasteiger partial charge in [-0.1, -0.05) is 6.42 Å². The zero-order chi connectivity index (χ0) is 15.5. The summed E-state index contributed by atoms with van der Waals surface area (Å²) in [6.45, 7) is 3.62. The lowest BCUT2D eigenvalue weighted by Gasteiger charge is -2.40. The van der Waals surface area contributed by atoms with E-state index < -0.39 is 0 Å². The SMILES string of the molecule is COC1CCCC1C1COCCN1C(=O)c1ccnnc1C. The van der Waals surface area contributed by atoms with Crippen molar-refractivity contribution in [1.29, 1.82) is 0 Å². The number of ether oxygens (including phenoxy) is 2. The molecule has 6 nitrogen and oxygen atoms in total. The number of hydrogen-bond acceptors (Lipinski definition) is 5. The van der Waals surface area contributed by atoms with Crippen molar-refractivity contribution >= 4 is 5.91 Å². The maximum absolute atomic E-state index is 12.9. The molecule has 1 amide bonds. The highest BCUT2D eigenvalue weighted by Crippen LogP contribution is 2.34. The molecule has 1 saturated heterocycles. The van der Waals surface area contributed by atoms with Crippen LogP contribution in [0.25, 0.3) is 0 Å². The van der Waals surface area contributed by atoms with E-state index in [-0.39, 0.29) is 18.1 Å². The first-order valence-electron chi connectivity index (χ1n) is 7.92. The Bertz CT molecular complexity index is 537. The highest BCUT2D eigenvalue weighted by Gasteiger charge is 2.40. The van der Waals surface area contributed by atoms with Gasteiger partial charge in [-0.15, -0.1) is 0 Å². The number of carbonyl (C=O) groups excluding carboxylic acids is 1. The van der Waals surface area contributed by atoms with Crippen LogP contribution in [0.2, 0.25) is 0 Å². The van der Waals surface area contributed by atoms with Gasteiger partial charge in [-0.2, -0.15) is 10.2 Å². The molecule has 0 bridgehead atoms. The van der Waals surface area contributed by atoms with E-state index in [2.05, 4.69) is 10.2 Å². The lowest BCUT2D eigenvalue weighted by Crippen LogP contribution is -2.54. The van der Waals surface area contributed by atoms with Crippen molar-refractivity contribution in [2.24, 2.45) is 5.92 Å². The summed E-state index contributed by atoms with van der Waals surface area (Å²) in [5.74, 6) is 0.381. The third-order valence-corrected chi connectivity index (χ3v) is 4.86. The molecule has 0 N–H and O–H groups in total. The van der Waals surface area contributed by atoms with Crippen molar-refractivity contribution in [3.63, 3.8) is 0 Å². The molecular formula is C16H23N3O3. The molecule has 1 saturated carbocycles. The largest absolute Gasteiger partial charge is 0.381 e. The maximum Gasteiger partial charge on any atom is 0.256 e. The molecule has 1 aliphatic carbocycles. The summed E-state index contributed by atoms with van der Waals surface area (Å²) >= 11 is 0. The van der Waals surface area contributed by atoms with E-state index in [0.29, 0.717) is 36.9 Å². The van der Waals surface area contributed by atoms with E-state index in [1.807, 2.05) is 11.8 Å². The Morgan fingerprint density at radius 1 is 1.45 bits per heavy atom. The fraction of sp³-hybridized carbons (Fsp3) is 0.688. The zero-order valence-corrected chi connectivity index (χ0v) is 13.2. The van der Waals surface area contributed by atoms with Gasteiger partial charge < -0.3 is 14.4 Å². The summed E-state index contributed by atoms with van der Waals surface area (Å²) < 4.78 is 11.3. The first-order chi connectivity index (χ1) is 10.7. The highest BCUT2D eigenvalue weighted by atomic mass is 16.5. The molecule has 2 fully saturated rings. The van der Waals surface area contributed by atoms with Gasteiger partial charge in [0.2, 0.25) is 0 Å². The molecule has 1 aromatic heterocycles. The molecule has 1 aromatic rings. The molecule has 0 aromatic carbocycles. The van der Waals surface area contributed by atoms with Crippen LogP contribution in [0, 0.1) is 12.8 Å². The molecule has 3 unspecified atom stereocenters. The number of rotatable bonds is 3. The van der Waals surface area contributed by atoms with Gasteiger partial charge in [0.05, 0.1) is 42.8 Å². The van der Waals surface area contributed by atoms with E-state index in [1.54, 1.807) is 19.4 Å². The molecule has 2 aliphatic rings. The summed E-state index contributed by atoms with van der Waals surface area (Å²) in [4.78, 5) is 14.9.